The van der Waals surface area contributed by atoms with E-state index in [0.29, 0.717) is 6.61 Å². The third kappa shape index (κ3) is 2.36. The van der Waals surface area contributed by atoms with Crippen LogP contribution in [0.15, 0.2) is 54.6 Å². The van der Waals surface area contributed by atoms with Crippen molar-refractivity contribution >= 4 is 33.5 Å². The second-order valence-corrected chi connectivity index (χ2v) is 5.27. The number of hydrogen-bond donors (Lipinski definition) is 1. The first-order valence-corrected chi connectivity index (χ1v) is 6.85. The smallest absolute Gasteiger partial charge is 0.129 e. The van der Waals surface area contributed by atoms with Crippen molar-refractivity contribution < 1.29 is 4.74 Å². The van der Waals surface area contributed by atoms with Crippen LogP contribution in [-0.2, 0) is 6.61 Å². The fourth-order valence-corrected chi connectivity index (χ4v) is 2.56. The third-order valence-electron chi connectivity index (χ3n) is 2.83. The predicted octanol–water partition coefficient (Wildman–Crippen LogP) is 4.35. The zero-order valence-electron chi connectivity index (χ0n) is 9.69. The number of rotatable bonds is 3. The van der Waals surface area contributed by atoms with E-state index in [4.69, 9.17) is 4.74 Å². The maximum atomic E-state index is 5.90. The molecule has 18 heavy (non-hydrogen) atoms. The highest BCUT2D eigenvalue weighted by Crippen LogP contribution is 2.27. The summed E-state index contributed by atoms with van der Waals surface area (Å²) in [6, 6.07) is 18.4. The van der Waals surface area contributed by atoms with E-state index in [-0.39, 0.29) is 0 Å². The van der Waals surface area contributed by atoms with Gasteiger partial charge in [-0.15, -0.1) is 0 Å². The highest BCUT2D eigenvalue weighted by atomic mass is 127. The second-order valence-electron chi connectivity index (χ2n) is 4.11. The zero-order valence-corrected chi connectivity index (χ0v) is 11.8. The third-order valence-corrected chi connectivity index (χ3v) is 3.41. The van der Waals surface area contributed by atoms with Crippen LogP contribution < -0.4 is 4.74 Å². The number of halogens is 1. The van der Waals surface area contributed by atoms with Gasteiger partial charge in [-0.3, -0.25) is 0 Å². The molecular weight excluding hydrogens is 337 g/mol. The first-order valence-electron chi connectivity index (χ1n) is 5.77. The lowest BCUT2D eigenvalue weighted by Gasteiger charge is -2.07. The number of ether oxygens (including phenoxy) is 1. The molecule has 0 amide bonds. The van der Waals surface area contributed by atoms with E-state index in [2.05, 4.69) is 51.8 Å². The molecule has 1 heterocycles. The average Bonchev–Trinajstić information content (AvgIpc) is 2.78. The Hall–Kier alpha value is -1.49. The highest BCUT2D eigenvalue weighted by molar-refractivity contribution is 14.1. The minimum Gasteiger partial charge on any atom is -0.488 e. The molecule has 1 aromatic heterocycles. The van der Waals surface area contributed by atoms with Gasteiger partial charge in [-0.05, 0) is 46.4 Å². The first kappa shape index (κ1) is 11.6. The Kier molecular flexibility index (Phi) is 3.23. The summed E-state index contributed by atoms with van der Waals surface area (Å²) in [4.78, 5) is 3.30. The molecular formula is C15H12INO. The molecule has 0 aliphatic carbocycles. The largest absolute Gasteiger partial charge is 0.488 e. The van der Waals surface area contributed by atoms with Gasteiger partial charge in [0.1, 0.15) is 12.4 Å². The Morgan fingerprint density at radius 3 is 2.67 bits per heavy atom. The van der Waals surface area contributed by atoms with E-state index in [1.165, 1.54) is 5.56 Å². The van der Waals surface area contributed by atoms with E-state index < -0.39 is 0 Å². The van der Waals surface area contributed by atoms with Crippen LogP contribution in [0.4, 0.5) is 0 Å². The lowest BCUT2D eigenvalue weighted by molar-refractivity contribution is 0.310. The molecule has 0 aliphatic rings. The van der Waals surface area contributed by atoms with Gasteiger partial charge in [0.2, 0.25) is 0 Å². The summed E-state index contributed by atoms with van der Waals surface area (Å²) in [5, 5.41) is 1.14. The van der Waals surface area contributed by atoms with Crippen LogP contribution in [0.1, 0.15) is 5.56 Å². The Morgan fingerprint density at radius 1 is 1.00 bits per heavy atom. The van der Waals surface area contributed by atoms with Crippen LogP contribution in [0.5, 0.6) is 5.75 Å². The molecule has 1 N–H and O–H groups in total. The molecule has 0 saturated carbocycles. The summed E-state index contributed by atoms with van der Waals surface area (Å²) in [5.41, 5.74) is 2.30. The molecule has 0 unspecified atom stereocenters. The van der Waals surface area contributed by atoms with Gasteiger partial charge in [-0.1, -0.05) is 36.4 Å². The van der Waals surface area contributed by atoms with E-state index in [9.17, 15) is 0 Å². The van der Waals surface area contributed by atoms with Gasteiger partial charge in [0.25, 0.3) is 0 Å². The molecule has 2 aromatic carbocycles. The van der Waals surface area contributed by atoms with Crippen LogP contribution in [0.2, 0.25) is 0 Å². The molecule has 3 aromatic rings. The summed E-state index contributed by atoms with van der Waals surface area (Å²) in [7, 11) is 0. The fraction of sp³-hybridized carbons (Fsp3) is 0.0667. The average molecular weight is 349 g/mol. The molecule has 0 radical (unpaired) electrons. The van der Waals surface area contributed by atoms with Gasteiger partial charge >= 0.3 is 0 Å². The van der Waals surface area contributed by atoms with Gasteiger partial charge < -0.3 is 9.72 Å². The van der Waals surface area contributed by atoms with Gasteiger partial charge in [0.15, 0.2) is 0 Å². The molecule has 2 nitrogen and oxygen atoms in total. The Labute approximate surface area is 119 Å². The lowest BCUT2D eigenvalue weighted by Crippen LogP contribution is -1.94. The van der Waals surface area contributed by atoms with E-state index in [0.717, 1.165) is 20.4 Å². The second kappa shape index (κ2) is 5.02. The van der Waals surface area contributed by atoms with Crippen molar-refractivity contribution in [3.05, 3.63) is 63.9 Å². The molecule has 3 heteroatoms. The van der Waals surface area contributed by atoms with Crippen molar-refractivity contribution in [1.29, 1.82) is 0 Å². The van der Waals surface area contributed by atoms with Crippen molar-refractivity contribution in [3.63, 3.8) is 0 Å². The lowest BCUT2D eigenvalue weighted by atomic mass is 10.2. The number of nitrogens with one attached hydrogen (secondary N) is 1. The first-order chi connectivity index (χ1) is 8.83. The minimum absolute atomic E-state index is 0.599. The summed E-state index contributed by atoms with van der Waals surface area (Å²) >= 11 is 2.28. The molecule has 0 bridgehead atoms. The molecule has 90 valence electrons. The van der Waals surface area contributed by atoms with Crippen LogP contribution in [0.25, 0.3) is 10.9 Å². The minimum atomic E-state index is 0.599. The zero-order chi connectivity index (χ0) is 12.4. The molecule has 0 aliphatic heterocycles. The van der Waals surface area contributed by atoms with Crippen molar-refractivity contribution in [2.45, 2.75) is 6.61 Å². The van der Waals surface area contributed by atoms with E-state index >= 15 is 0 Å². The standard InChI is InChI=1S/C15H12INO/c16-15-9-12-13(17-15)7-4-8-14(12)18-10-11-5-2-1-3-6-11/h1-9,17H,10H2. The van der Waals surface area contributed by atoms with Crippen LogP contribution in [-0.4, -0.2) is 4.98 Å². The number of benzene rings is 2. The van der Waals surface area contributed by atoms with Crippen molar-refractivity contribution in [1.82, 2.24) is 4.98 Å². The van der Waals surface area contributed by atoms with Gasteiger partial charge in [-0.25, -0.2) is 0 Å². The number of aromatic amines is 1. The van der Waals surface area contributed by atoms with Gasteiger partial charge in [0, 0.05) is 10.9 Å². The van der Waals surface area contributed by atoms with Crippen molar-refractivity contribution in [2.24, 2.45) is 0 Å². The summed E-state index contributed by atoms with van der Waals surface area (Å²) < 4.78 is 7.02. The predicted molar refractivity (Wildman–Crippen MR) is 81.8 cm³/mol. The van der Waals surface area contributed by atoms with E-state index in [1.54, 1.807) is 0 Å². The number of hydrogen-bond acceptors (Lipinski definition) is 1. The Morgan fingerprint density at radius 2 is 1.83 bits per heavy atom. The van der Waals surface area contributed by atoms with Crippen LogP contribution >= 0.6 is 22.6 Å². The number of aromatic nitrogens is 1. The summed E-state index contributed by atoms with van der Waals surface area (Å²) in [6.45, 7) is 0.599. The number of fused-ring (bicyclic) bond motifs is 1. The van der Waals surface area contributed by atoms with Gasteiger partial charge in [-0.2, -0.15) is 0 Å². The SMILES string of the molecule is Ic1cc2c(OCc3ccccc3)cccc2[nH]1. The van der Waals surface area contributed by atoms with Crippen molar-refractivity contribution in [3.8, 4) is 5.75 Å². The quantitative estimate of drug-likeness (QED) is 0.699. The maximum Gasteiger partial charge on any atom is 0.129 e. The Balaban J connectivity index is 1.86. The van der Waals surface area contributed by atoms with Crippen LogP contribution in [0.3, 0.4) is 0 Å². The molecule has 0 saturated heterocycles. The summed E-state index contributed by atoms with van der Waals surface area (Å²) in [6.07, 6.45) is 0. The van der Waals surface area contributed by atoms with Crippen molar-refractivity contribution in [2.75, 3.05) is 0 Å². The molecule has 0 atom stereocenters. The van der Waals surface area contributed by atoms with Crippen LogP contribution in [0, 0.1) is 3.70 Å². The normalized spacial score (nSPS) is 10.7. The number of H-pyrrole nitrogens is 1. The molecule has 0 spiro atoms. The fourth-order valence-electron chi connectivity index (χ4n) is 1.95. The van der Waals surface area contributed by atoms with Gasteiger partial charge in [0.05, 0.1) is 3.70 Å². The Bertz CT molecular complexity index is 661. The highest BCUT2D eigenvalue weighted by Gasteiger charge is 2.05. The van der Waals surface area contributed by atoms with E-state index in [1.807, 2.05) is 30.3 Å². The summed E-state index contributed by atoms with van der Waals surface area (Å²) in [5.74, 6) is 0.926. The molecule has 3 rings (SSSR count). The monoisotopic (exact) mass is 349 g/mol. The molecule has 0 fully saturated rings. The maximum absolute atomic E-state index is 5.90. The topological polar surface area (TPSA) is 25.0 Å².